The number of carbonyl (C=O) groups is 1. The highest BCUT2D eigenvalue weighted by atomic mass is 35.5. The number of amides is 2. The number of hydrazine groups is 1. The number of rotatable bonds is 2. The summed E-state index contributed by atoms with van der Waals surface area (Å²) >= 11 is 0. The third kappa shape index (κ3) is 3.05. The first-order valence-corrected chi connectivity index (χ1v) is 3.56. The van der Waals surface area contributed by atoms with Gasteiger partial charge < -0.3 is 5.32 Å². The van der Waals surface area contributed by atoms with Crippen molar-refractivity contribution in [3.05, 3.63) is 0 Å². The molecule has 2 N–H and O–H groups in total. The number of hydrogen-bond acceptors (Lipinski definition) is 2. The van der Waals surface area contributed by atoms with Crippen molar-refractivity contribution in [1.82, 2.24) is 15.8 Å². The van der Waals surface area contributed by atoms with E-state index in [9.17, 15) is 4.79 Å². The molecule has 0 radical (unpaired) electrons. The van der Waals surface area contributed by atoms with Gasteiger partial charge in [0.1, 0.15) is 0 Å². The summed E-state index contributed by atoms with van der Waals surface area (Å²) < 4.78 is 0. The second-order valence-corrected chi connectivity index (χ2v) is 2.44. The van der Waals surface area contributed by atoms with E-state index in [1.165, 1.54) is 0 Å². The van der Waals surface area contributed by atoms with E-state index in [0.29, 0.717) is 6.67 Å². The zero-order chi connectivity index (χ0) is 7.56. The number of nitrogens with zero attached hydrogens (tertiary/aromatic N) is 1. The van der Waals surface area contributed by atoms with E-state index in [4.69, 9.17) is 0 Å². The molecule has 12 heavy (non-hydrogen) atoms. The Morgan fingerprint density at radius 1 is 1.58 bits per heavy atom. The Morgan fingerprint density at radius 3 is 2.50 bits per heavy atom. The van der Waals surface area contributed by atoms with Crippen molar-refractivity contribution >= 4 is 30.8 Å². The van der Waals surface area contributed by atoms with E-state index in [0.717, 1.165) is 6.42 Å². The van der Waals surface area contributed by atoms with Crippen LogP contribution in [0.15, 0.2) is 0 Å². The highest BCUT2D eigenvalue weighted by Crippen LogP contribution is 2.02. The molecule has 0 spiro atoms. The van der Waals surface area contributed by atoms with Crippen molar-refractivity contribution in [2.45, 2.75) is 26.3 Å². The van der Waals surface area contributed by atoms with Crippen LogP contribution < -0.4 is 10.7 Å². The van der Waals surface area contributed by atoms with Gasteiger partial charge in [-0.1, -0.05) is 6.92 Å². The van der Waals surface area contributed by atoms with Crippen LogP contribution in [-0.4, -0.2) is 23.8 Å². The van der Waals surface area contributed by atoms with E-state index in [-0.39, 0.29) is 36.9 Å². The number of nitrogens with one attached hydrogen (secondary N) is 2. The molecule has 1 fully saturated rings. The molecule has 1 unspecified atom stereocenters. The van der Waals surface area contributed by atoms with Gasteiger partial charge in [0.2, 0.25) is 0 Å². The van der Waals surface area contributed by atoms with Crippen molar-refractivity contribution < 1.29 is 4.79 Å². The van der Waals surface area contributed by atoms with Crippen LogP contribution in [0.2, 0.25) is 0 Å². The summed E-state index contributed by atoms with van der Waals surface area (Å²) in [6, 6.07) is 0.261. The maximum atomic E-state index is 10.9. The summed E-state index contributed by atoms with van der Waals surface area (Å²) in [5.74, 6) is 0. The summed E-state index contributed by atoms with van der Waals surface area (Å²) in [4.78, 5) is 10.9. The van der Waals surface area contributed by atoms with Gasteiger partial charge in [0.15, 0.2) is 0 Å². The third-order valence-corrected chi connectivity index (χ3v) is 1.74. The van der Waals surface area contributed by atoms with Crippen molar-refractivity contribution in [1.29, 1.82) is 0 Å². The summed E-state index contributed by atoms with van der Waals surface area (Å²) in [5.41, 5.74) is 2.93. The molecule has 1 rings (SSSR count). The SMILES string of the molecule is CCC(C)N1NCNC1=O.Cl.Cl. The first kappa shape index (κ1) is 14.3. The Morgan fingerprint density at radius 2 is 2.17 bits per heavy atom. The normalized spacial score (nSPS) is 17.5. The second kappa shape index (κ2) is 6.34. The number of carbonyl (C=O) groups excluding carboxylic acids is 1. The van der Waals surface area contributed by atoms with Crippen LogP contribution in [0.3, 0.4) is 0 Å². The maximum absolute atomic E-state index is 10.9. The first-order chi connectivity index (χ1) is 4.75. The van der Waals surface area contributed by atoms with E-state index in [2.05, 4.69) is 17.7 Å². The van der Waals surface area contributed by atoms with Crippen LogP contribution in [0, 0.1) is 0 Å². The van der Waals surface area contributed by atoms with Gasteiger partial charge >= 0.3 is 6.03 Å². The molecule has 1 aliphatic heterocycles. The molecule has 0 aromatic rings. The second-order valence-electron chi connectivity index (χ2n) is 2.44. The zero-order valence-corrected chi connectivity index (χ0v) is 8.80. The van der Waals surface area contributed by atoms with E-state index in [1.54, 1.807) is 5.01 Å². The smallest absolute Gasteiger partial charge is 0.323 e. The van der Waals surface area contributed by atoms with E-state index >= 15 is 0 Å². The Labute approximate surface area is 84.9 Å². The van der Waals surface area contributed by atoms with Gasteiger partial charge in [-0.3, -0.25) is 5.01 Å². The lowest BCUT2D eigenvalue weighted by molar-refractivity contribution is 0.175. The molecule has 0 aliphatic carbocycles. The van der Waals surface area contributed by atoms with Crippen LogP contribution >= 0.6 is 24.8 Å². The van der Waals surface area contributed by atoms with Crippen LogP contribution in [0.4, 0.5) is 4.79 Å². The highest BCUT2D eigenvalue weighted by Gasteiger charge is 2.22. The molecule has 0 aromatic carbocycles. The molecule has 6 heteroatoms. The van der Waals surface area contributed by atoms with E-state index < -0.39 is 0 Å². The molecule has 4 nitrogen and oxygen atoms in total. The topological polar surface area (TPSA) is 44.4 Å². The fraction of sp³-hybridized carbons (Fsp3) is 0.833. The van der Waals surface area contributed by atoms with Gasteiger partial charge in [0.05, 0.1) is 6.67 Å². The number of urea groups is 1. The lowest BCUT2D eigenvalue weighted by Crippen LogP contribution is -2.41. The lowest BCUT2D eigenvalue weighted by atomic mass is 10.2. The third-order valence-electron chi connectivity index (χ3n) is 1.74. The summed E-state index contributed by atoms with van der Waals surface area (Å²) in [5, 5.41) is 4.29. The Kier molecular flexibility index (Phi) is 7.58. The quantitative estimate of drug-likeness (QED) is 0.726. The standard InChI is InChI=1S/C6H13N3O.2ClH/c1-3-5(2)9-6(10)7-4-8-9;;/h5,8H,3-4H2,1-2H3,(H,7,10);2*1H. The molecule has 1 heterocycles. The van der Waals surface area contributed by atoms with Crippen LogP contribution in [0.1, 0.15) is 20.3 Å². The first-order valence-electron chi connectivity index (χ1n) is 3.56. The van der Waals surface area contributed by atoms with Gasteiger partial charge in [0, 0.05) is 6.04 Å². The van der Waals surface area contributed by atoms with Gasteiger partial charge in [0.25, 0.3) is 0 Å². The molecular formula is C6H15Cl2N3O. The average Bonchev–Trinajstić information content (AvgIpc) is 2.34. The van der Waals surface area contributed by atoms with Crippen molar-refractivity contribution in [3.63, 3.8) is 0 Å². The Bertz CT molecular complexity index is 145. The van der Waals surface area contributed by atoms with Crippen LogP contribution in [-0.2, 0) is 0 Å². The molecule has 2 amide bonds. The predicted octanol–water partition coefficient (Wildman–Crippen LogP) is 1.12. The predicted molar refractivity (Wildman–Crippen MR) is 52.6 cm³/mol. The van der Waals surface area contributed by atoms with Gasteiger partial charge in [-0.15, -0.1) is 24.8 Å². The molecule has 1 atom stereocenters. The number of halogens is 2. The maximum Gasteiger partial charge on any atom is 0.333 e. The molecule has 0 aromatic heterocycles. The van der Waals surface area contributed by atoms with Gasteiger partial charge in [-0.25, -0.2) is 10.2 Å². The van der Waals surface area contributed by atoms with E-state index in [1.807, 2.05) is 6.92 Å². The minimum Gasteiger partial charge on any atom is -0.323 e. The monoisotopic (exact) mass is 215 g/mol. The van der Waals surface area contributed by atoms with Gasteiger partial charge in [-0.05, 0) is 13.3 Å². The molecule has 0 saturated carbocycles. The number of hydrogen-bond donors (Lipinski definition) is 2. The highest BCUT2D eigenvalue weighted by molar-refractivity contribution is 5.85. The minimum atomic E-state index is -0.0191. The molecule has 1 saturated heterocycles. The minimum absolute atomic E-state index is 0. The summed E-state index contributed by atoms with van der Waals surface area (Å²) in [7, 11) is 0. The molecule has 0 bridgehead atoms. The average molecular weight is 216 g/mol. The fourth-order valence-electron chi connectivity index (χ4n) is 0.896. The van der Waals surface area contributed by atoms with Crippen molar-refractivity contribution in [2.24, 2.45) is 0 Å². The van der Waals surface area contributed by atoms with Crippen molar-refractivity contribution in [2.75, 3.05) is 6.67 Å². The van der Waals surface area contributed by atoms with Crippen LogP contribution in [0.25, 0.3) is 0 Å². The van der Waals surface area contributed by atoms with Crippen molar-refractivity contribution in [3.8, 4) is 0 Å². The summed E-state index contributed by atoms with van der Waals surface area (Å²) in [6.07, 6.45) is 0.973. The summed E-state index contributed by atoms with van der Waals surface area (Å²) in [6.45, 7) is 4.62. The molecule has 74 valence electrons. The lowest BCUT2D eigenvalue weighted by Gasteiger charge is -2.20. The Hall–Kier alpha value is -0.190. The molecular weight excluding hydrogens is 201 g/mol. The molecule has 1 aliphatic rings. The largest absolute Gasteiger partial charge is 0.333 e. The fourth-order valence-corrected chi connectivity index (χ4v) is 0.896. The Balaban J connectivity index is 0. The zero-order valence-electron chi connectivity index (χ0n) is 7.16. The van der Waals surface area contributed by atoms with Crippen LogP contribution in [0.5, 0.6) is 0 Å². The van der Waals surface area contributed by atoms with Gasteiger partial charge in [-0.2, -0.15) is 0 Å².